The van der Waals surface area contributed by atoms with Crippen molar-refractivity contribution in [1.29, 1.82) is 0 Å². The maximum atomic E-state index is 13.3. The highest BCUT2D eigenvalue weighted by Gasteiger charge is 2.32. The summed E-state index contributed by atoms with van der Waals surface area (Å²) in [6, 6.07) is 7.93. The molecule has 0 saturated carbocycles. The Hall–Kier alpha value is -2.38. The molecule has 0 N–H and O–H groups in total. The van der Waals surface area contributed by atoms with E-state index in [1.807, 2.05) is 24.3 Å². The number of hydrogen-bond acceptors (Lipinski definition) is 5. The number of amides is 1. The van der Waals surface area contributed by atoms with Crippen molar-refractivity contribution in [3.63, 3.8) is 0 Å². The summed E-state index contributed by atoms with van der Waals surface area (Å²) in [7, 11) is 1.78. The number of nitrogens with zero attached hydrogens (tertiary/aromatic N) is 3. The number of fused-ring (bicyclic) bond motifs is 1. The maximum absolute atomic E-state index is 13.3. The number of hydrogen-bond donors (Lipinski definition) is 0. The molecule has 7 heteroatoms. The lowest BCUT2D eigenvalue weighted by atomic mass is 10.1. The van der Waals surface area contributed by atoms with Crippen molar-refractivity contribution in [2.24, 2.45) is 7.05 Å². The minimum atomic E-state index is -0.169. The smallest absolute Gasteiger partial charge is 0.266 e. The lowest BCUT2D eigenvalue weighted by molar-refractivity contribution is -0.121. The molecule has 2 aromatic rings. The van der Waals surface area contributed by atoms with Crippen LogP contribution in [0.1, 0.15) is 18.4 Å². The van der Waals surface area contributed by atoms with Crippen molar-refractivity contribution < 1.29 is 4.79 Å². The van der Waals surface area contributed by atoms with Gasteiger partial charge in [0.05, 0.1) is 21.7 Å². The van der Waals surface area contributed by atoms with Crippen molar-refractivity contribution >= 4 is 56.9 Å². The van der Waals surface area contributed by atoms with Crippen LogP contribution in [0.25, 0.3) is 17.0 Å². The van der Waals surface area contributed by atoms with Gasteiger partial charge in [0.2, 0.25) is 0 Å². The number of aryl methyl sites for hydroxylation is 1. The summed E-state index contributed by atoms with van der Waals surface area (Å²) in [5.41, 5.74) is 2.27. The van der Waals surface area contributed by atoms with Gasteiger partial charge in [-0.2, -0.15) is 0 Å². The first-order valence-corrected chi connectivity index (χ1v) is 10.5. The van der Waals surface area contributed by atoms with Gasteiger partial charge in [0.25, 0.3) is 11.5 Å². The first-order chi connectivity index (χ1) is 13.5. The molecule has 1 aromatic carbocycles. The Bertz CT molecular complexity index is 1080. The molecule has 0 atom stereocenters. The molecular formula is C21H21N3O2S2. The molecule has 1 amide bonds. The van der Waals surface area contributed by atoms with Crippen LogP contribution in [0.15, 0.2) is 46.6 Å². The summed E-state index contributed by atoms with van der Waals surface area (Å²) in [5, 5.41) is 1.03. The minimum absolute atomic E-state index is 0.102. The lowest BCUT2D eigenvalue weighted by Crippen LogP contribution is -2.29. The maximum Gasteiger partial charge on any atom is 0.266 e. The van der Waals surface area contributed by atoms with E-state index in [1.54, 1.807) is 23.8 Å². The predicted octanol–water partition coefficient (Wildman–Crippen LogP) is 3.53. The van der Waals surface area contributed by atoms with Crippen molar-refractivity contribution in [2.45, 2.75) is 12.8 Å². The summed E-state index contributed by atoms with van der Waals surface area (Å²) in [6.45, 7) is 5.88. The van der Waals surface area contributed by atoms with Crippen LogP contribution in [0.2, 0.25) is 0 Å². The van der Waals surface area contributed by atoms with Crippen molar-refractivity contribution in [2.75, 3.05) is 24.5 Å². The monoisotopic (exact) mass is 411 g/mol. The van der Waals surface area contributed by atoms with E-state index < -0.39 is 0 Å². The predicted molar refractivity (Wildman–Crippen MR) is 121 cm³/mol. The van der Waals surface area contributed by atoms with Crippen LogP contribution in [0.4, 0.5) is 5.69 Å². The molecule has 2 saturated heterocycles. The molecular weight excluding hydrogens is 390 g/mol. The second kappa shape index (κ2) is 7.56. The number of thiocarbonyl (C=S) groups is 1. The zero-order valence-electron chi connectivity index (χ0n) is 15.7. The Kier molecular flexibility index (Phi) is 5.12. The van der Waals surface area contributed by atoms with Gasteiger partial charge in [0, 0.05) is 32.1 Å². The number of thioether (sulfide) groups is 1. The number of pyridine rings is 1. The number of carbonyl (C=O) groups excluding carboxylic acids is 1. The van der Waals surface area contributed by atoms with E-state index in [0.29, 0.717) is 21.3 Å². The van der Waals surface area contributed by atoms with E-state index in [4.69, 9.17) is 12.2 Å². The van der Waals surface area contributed by atoms with E-state index in [-0.39, 0.29) is 11.5 Å². The standard InChI is InChI=1S/C21H21N3O2S2/c1-3-10-24-20(26)17(28-21(24)27)13-15-18(23-11-6-7-12-23)14-8-4-5-9-16(14)22(2)19(15)25/h3-5,8-9,13H,1,6-7,10-12H2,2H3. The number of rotatable bonds is 4. The van der Waals surface area contributed by atoms with E-state index in [1.165, 1.54) is 16.7 Å². The number of para-hydroxylation sites is 1. The summed E-state index contributed by atoms with van der Waals surface area (Å²) >= 11 is 6.58. The quantitative estimate of drug-likeness (QED) is 0.438. The van der Waals surface area contributed by atoms with Gasteiger partial charge in [0.15, 0.2) is 0 Å². The van der Waals surface area contributed by atoms with Gasteiger partial charge in [-0.1, -0.05) is 48.3 Å². The van der Waals surface area contributed by atoms with Crippen LogP contribution in [-0.2, 0) is 11.8 Å². The van der Waals surface area contributed by atoms with Crippen LogP contribution < -0.4 is 10.5 Å². The topological polar surface area (TPSA) is 45.6 Å². The molecule has 2 aliphatic rings. The second-order valence-electron chi connectivity index (χ2n) is 6.92. The summed E-state index contributed by atoms with van der Waals surface area (Å²) < 4.78 is 2.15. The molecule has 28 heavy (non-hydrogen) atoms. The van der Waals surface area contributed by atoms with Crippen LogP contribution in [-0.4, -0.2) is 39.3 Å². The first kappa shape index (κ1) is 19.0. The largest absolute Gasteiger partial charge is 0.370 e. The van der Waals surface area contributed by atoms with Gasteiger partial charge in [-0.15, -0.1) is 6.58 Å². The molecule has 4 rings (SSSR count). The zero-order valence-corrected chi connectivity index (χ0v) is 17.3. The fourth-order valence-electron chi connectivity index (χ4n) is 3.83. The van der Waals surface area contributed by atoms with Crippen LogP contribution in [0.5, 0.6) is 0 Å². The van der Waals surface area contributed by atoms with E-state index in [0.717, 1.165) is 42.5 Å². The summed E-state index contributed by atoms with van der Waals surface area (Å²) in [5.74, 6) is -0.169. The third kappa shape index (κ3) is 3.08. The summed E-state index contributed by atoms with van der Waals surface area (Å²) in [6.07, 6.45) is 5.58. The average Bonchev–Trinajstić information content (AvgIpc) is 3.31. The molecule has 5 nitrogen and oxygen atoms in total. The molecule has 0 bridgehead atoms. The molecule has 0 spiro atoms. The van der Waals surface area contributed by atoms with Gasteiger partial charge in [-0.3, -0.25) is 14.5 Å². The fraction of sp³-hybridized carbons (Fsp3) is 0.286. The average molecular weight is 412 g/mol. The van der Waals surface area contributed by atoms with E-state index in [2.05, 4.69) is 11.5 Å². The number of anilines is 1. The molecule has 144 valence electrons. The van der Waals surface area contributed by atoms with E-state index in [9.17, 15) is 9.59 Å². The van der Waals surface area contributed by atoms with E-state index >= 15 is 0 Å². The van der Waals surface area contributed by atoms with Crippen LogP contribution in [0.3, 0.4) is 0 Å². The van der Waals surface area contributed by atoms with Gasteiger partial charge in [0.1, 0.15) is 4.32 Å². The van der Waals surface area contributed by atoms with Gasteiger partial charge in [-0.05, 0) is 25.0 Å². The zero-order chi connectivity index (χ0) is 19.8. The van der Waals surface area contributed by atoms with Crippen molar-refractivity contribution in [3.05, 3.63) is 57.7 Å². The highest BCUT2D eigenvalue weighted by Crippen LogP contribution is 2.36. The number of benzene rings is 1. The third-order valence-electron chi connectivity index (χ3n) is 5.19. The highest BCUT2D eigenvalue weighted by molar-refractivity contribution is 8.26. The fourth-order valence-corrected chi connectivity index (χ4v) is 5.09. The Labute approximate surface area is 173 Å². The number of aromatic nitrogens is 1. The molecule has 0 unspecified atom stereocenters. The molecule has 3 heterocycles. The minimum Gasteiger partial charge on any atom is -0.370 e. The summed E-state index contributed by atoms with van der Waals surface area (Å²) in [4.78, 5) is 30.3. The molecule has 1 aromatic heterocycles. The highest BCUT2D eigenvalue weighted by atomic mass is 32.2. The molecule has 0 aliphatic carbocycles. The van der Waals surface area contributed by atoms with Crippen LogP contribution >= 0.6 is 24.0 Å². The van der Waals surface area contributed by atoms with Crippen LogP contribution in [0, 0.1) is 0 Å². The molecule has 0 radical (unpaired) electrons. The number of carbonyl (C=O) groups is 1. The first-order valence-electron chi connectivity index (χ1n) is 9.26. The Morgan fingerprint density at radius 2 is 1.93 bits per heavy atom. The SMILES string of the molecule is C=CCN1C(=O)C(=Cc2c(N3CCCC3)c3ccccc3n(C)c2=O)SC1=S. The lowest BCUT2D eigenvalue weighted by Gasteiger charge is -2.23. The Balaban J connectivity index is 1.94. The van der Waals surface area contributed by atoms with Crippen molar-refractivity contribution in [1.82, 2.24) is 9.47 Å². The van der Waals surface area contributed by atoms with Gasteiger partial charge >= 0.3 is 0 Å². The molecule has 2 fully saturated rings. The Morgan fingerprint density at radius 3 is 2.64 bits per heavy atom. The second-order valence-corrected chi connectivity index (χ2v) is 8.59. The van der Waals surface area contributed by atoms with Gasteiger partial charge in [-0.25, -0.2) is 0 Å². The third-order valence-corrected chi connectivity index (χ3v) is 6.57. The van der Waals surface area contributed by atoms with Crippen molar-refractivity contribution in [3.8, 4) is 0 Å². The van der Waals surface area contributed by atoms with Gasteiger partial charge < -0.3 is 9.47 Å². The molecule has 2 aliphatic heterocycles. The Morgan fingerprint density at radius 1 is 1.21 bits per heavy atom. The normalized spacial score (nSPS) is 18.7.